The smallest absolute Gasteiger partial charge is 0.328 e. The van der Waals surface area contributed by atoms with Crippen molar-refractivity contribution in [3.8, 4) is 34.2 Å². The molecule has 0 radical (unpaired) electrons. The van der Waals surface area contributed by atoms with E-state index in [1.807, 2.05) is 72.9 Å². The molecule has 1 aliphatic heterocycles. The first-order valence-electron chi connectivity index (χ1n) is 16.3. The van der Waals surface area contributed by atoms with Crippen molar-refractivity contribution in [2.45, 2.75) is 18.9 Å². The van der Waals surface area contributed by atoms with Gasteiger partial charge in [-0.15, -0.1) is 0 Å². The van der Waals surface area contributed by atoms with Gasteiger partial charge in [-0.2, -0.15) is 5.10 Å². The van der Waals surface area contributed by atoms with Crippen molar-refractivity contribution in [3.63, 3.8) is 0 Å². The summed E-state index contributed by atoms with van der Waals surface area (Å²) in [6, 6.07) is 22.6. The molecule has 250 valence electrons. The number of nitrogens with one attached hydrogen (secondary N) is 2. The number of aryl methyl sites for hydroxylation is 2. The SMILES string of the molecule is Cn1c(=O)n(C)c2cc(-c3cccc4cc(-c5ccc(C(=O)NCC#Cc6ccc7cnn(C8CCC(=O)NC8=O)c7c6)nc5)ncc34)ccc21. The van der Waals surface area contributed by atoms with Crippen molar-refractivity contribution in [2.75, 3.05) is 6.54 Å². The number of benzene rings is 3. The van der Waals surface area contributed by atoms with Gasteiger partial charge in [-0.25, -0.2) is 4.79 Å². The number of aromatic nitrogens is 6. The monoisotopic (exact) mass is 674 g/mol. The molecule has 12 nitrogen and oxygen atoms in total. The summed E-state index contributed by atoms with van der Waals surface area (Å²) in [5.74, 6) is 5.02. The number of hydrogen-bond donors (Lipinski definition) is 2. The Balaban J connectivity index is 0.946. The molecular weight excluding hydrogens is 644 g/mol. The maximum absolute atomic E-state index is 12.8. The Morgan fingerprint density at radius 3 is 2.53 bits per heavy atom. The largest absolute Gasteiger partial charge is 0.340 e. The molecule has 0 saturated carbocycles. The zero-order chi connectivity index (χ0) is 35.2. The van der Waals surface area contributed by atoms with Crippen molar-refractivity contribution in [2.24, 2.45) is 14.1 Å². The minimum absolute atomic E-state index is 0.0678. The van der Waals surface area contributed by atoms with E-state index in [2.05, 4.69) is 32.6 Å². The van der Waals surface area contributed by atoms with Gasteiger partial charge in [0.15, 0.2) is 0 Å². The first kappa shape index (κ1) is 31.4. The quantitative estimate of drug-likeness (QED) is 0.205. The van der Waals surface area contributed by atoms with Crippen LogP contribution in [0.25, 0.3) is 55.1 Å². The van der Waals surface area contributed by atoms with Crippen LogP contribution < -0.4 is 16.3 Å². The molecule has 1 atom stereocenters. The number of rotatable bonds is 5. The number of pyridine rings is 2. The number of fused-ring (bicyclic) bond motifs is 3. The Bertz CT molecular complexity index is 2690. The van der Waals surface area contributed by atoms with Crippen LogP contribution in [0.3, 0.4) is 0 Å². The molecule has 4 aromatic heterocycles. The molecule has 1 aliphatic rings. The molecule has 1 saturated heterocycles. The van der Waals surface area contributed by atoms with Crippen LogP contribution in [-0.2, 0) is 23.7 Å². The normalized spacial score (nSPS) is 14.4. The number of hydrogen-bond acceptors (Lipinski definition) is 7. The number of nitrogens with zero attached hydrogens (tertiary/aromatic N) is 6. The summed E-state index contributed by atoms with van der Waals surface area (Å²) in [7, 11) is 3.55. The number of carbonyl (C=O) groups excluding carboxylic acids is 3. The minimum Gasteiger partial charge on any atom is -0.340 e. The van der Waals surface area contributed by atoms with Gasteiger partial charge in [0.2, 0.25) is 5.91 Å². The van der Waals surface area contributed by atoms with E-state index < -0.39 is 6.04 Å². The van der Waals surface area contributed by atoms with Crippen LogP contribution in [0.15, 0.2) is 96.2 Å². The predicted molar refractivity (Wildman–Crippen MR) is 192 cm³/mol. The van der Waals surface area contributed by atoms with E-state index in [1.165, 1.54) is 0 Å². The first-order valence-corrected chi connectivity index (χ1v) is 16.3. The molecule has 0 aliphatic carbocycles. The van der Waals surface area contributed by atoms with E-state index in [4.69, 9.17) is 4.98 Å². The average molecular weight is 675 g/mol. The summed E-state index contributed by atoms with van der Waals surface area (Å²) in [4.78, 5) is 58.3. The van der Waals surface area contributed by atoms with Gasteiger partial charge in [0.1, 0.15) is 11.7 Å². The third kappa shape index (κ3) is 5.70. The van der Waals surface area contributed by atoms with Crippen LogP contribution >= 0.6 is 0 Å². The Morgan fingerprint density at radius 2 is 1.71 bits per heavy atom. The van der Waals surface area contributed by atoms with E-state index >= 15 is 0 Å². The lowest BCUT2D eigenvalue weighted by Gasteiger charge is -2.21. The molecule has 2 N–H and O–H groups in total. The van der Waals surface area contributed by atoms with Crippen LogP contribution in [0.5, 0.6) is 0 Å². The lowest BCUT2D eigenvalue weighted by molar-refractivity contribution is -0.135. The zero-order valence-electron chi connectivity index (χ0n) is 27.7. The van der Waals surface area contributed by atoms with Crippen LogP contribution in [0, 0.1) is 11.8 Å². The molecule has 5 heterocycles. The van der Waals surface area contributed by atoms with Gasteiger partial charge in [0.05, 0.1) is 35.0 Å². The number of carbonyl (C=O) groups is 3. The fourth-order valence-electron chi connectivity index (χ4n) is 6.58. The van der Waals surface area contributed by atoms with Gasteiger partial charge in [-0.3, -0.25) is 43.5 Å². The van der Waals surface area contributed by atoms with E-state index in [0.29, 0.717) is 12.0 Å². The summed E-state index contributed by atoms with van der Waals surface area (Å²) in [6.45, 7) is 0.106. The van der Waals surface area contributed by atoms with Gasteiger partial charge < -0.3 is 5.32 Å². The fraction of sp³-hybridized carbons (Fsp3) is 0.154. The molecule has 51 heavy (non-hydrogen) atoms. The van der Waals surface area contributed by atoms with Crippen molar-refractivity contribution in [1.82, 2.24) is 39.5 Å². The lowest BCUT2D eigenvalue weighted by Crippen LogP contribution is -2.42. The van der Waals surface area contributed by atoms with E-state index in [-0.39, 0.29) is 42.1 Å². The second kappa shape index (κ2) is 12.5. The molecular formula is C39H30N8O4. The summed E-state index contributed by atoms with van der Waals surface area (Å²) < 4.78 is 4.92. The highest BCUT2D eigenvalue weighted by Gasteiger charge is 2.29. The highest BCUT2D eigenvalue weighted by molar-refractivity contribution is 6.01. The lowest BCUT2D eigenvalue weighted by atomic mass is 9.98. The minimum atomic E-state index is -0.563. The maximum atomic E-state index is 12.8. The van der Waals surface area contributed by atoms with Gasteiger partial charge in [0, 0.05) is 54.8 Å². The zero-order valence-corrected chi connectivity index (χ0v) is 27.7. The summed E-state index contributed by atoms with van der Waals surface area (Å²) in [5.41, 5.74) is 6.85. The average Bonchev–Trinajstić information content (AvgIpc) is 3.66. The molecule has 8 rings (SSSR count). The molecule has 3 aromatic carbocycles. The van der Waals surface area contributed by atoms with Gasteiger partial charge in [-0.1, -0.05) is 36.1 Å². The summed E-state index contributed by atoms with van der Waals surface area (Å²) in [6.07, 6.45) is 5.79. The number of imide groups is 1. The fourth-order valence-corrected chi connectivity index (χ4v) is 6.58. The van der Waals surface area contributed by atoms with E-state index in [1.54, 1.807) is 46.4 Å². The van der Waals surface area contributed by atoms with Gasteiger partial charge in [-0.05, 0) is 71.5 Å². The molecule has 1 fully saturated rings. The standard InChI is InChI=1S/C39H30N8O4/c1-45-32-13-11-25(19-35(32)46(2)39(45)51)28-7-3-6-24-18-31(42-22-29(24)28)26-10-12-30(41-20-26)37(49)40-16-4-5-23-8-9-27-21-43-47(34(27)17-23)33-14-15-36(48)44-38(33)50/h3,6-13,17-22,33H,14-16H2,1-2H3,(H,40,49)(H,44,48,50). The molecule has 1 unspecified atom stereocenters. The second-order valence-corrected chi connectivity index (χ2v) is 12.4. The highest BCUT2D eigenvalue weighted by atomic mass is 16.2. The topological polar surface area (TPSA) is 146 Å². The van der Waals surface area contributed by atoms with Crippen molar-refractivity contribution >= 4 is 50.4 Å². The Kier molecular flexibility index (Phi) is 7.72. The first-order chi connectivity index (χ1) is 24.7. The number of imidazole rings is 1. The number of amides is 3. The third-order valence-electron chi connectivity index (χ3n) is 9.31. The predicted octanol–water partition coefficient (Wildman–Crippen LogP) is 4.26. The van der Waals surface area contributed by atoms with Crippen molar-refractivity contribution in [1.29, 1.82) is 0 Å². The van der Waals surface area contributed by atoms with Crippen LogP contribution in [0.1, 0.15) is 34.9 Å². The summed E-state index contributed by atoms with van der Waals surface area (Å²) in [5, 5.41) is 12.4. The molecule has 0 bridgehead atoms. The number of piperidine rings is 1. The molecule has 0 spiro atoms. The molecule has 7 aromatic rings. The van der Waals surface area contributed by atoms with Gasteiger partial charge >= 0.3 is 5.69 Å². The second-order valence-electron chi connectivity index (χ2n) is 12.4. The third-order valence-corrected chi connectivity index (χ3v) is 9.31. The molecule has 12 heteroatoms. The van der Waals surface area contributed by atoms with Crippen LogP contribution in [0.4, 0.5) is 0 Å². The summed E-state index contributed by atoms with van der Waals surface area (Å²) >= 11 is 0. The van der Waals surface area contributed by atoms with Crippen LogP contribution in [0.2, 0.25) is 0 Å². The Labute approximate surface area is 290 Å². The molecule has 3 amide bonds. The maximum Gasteiger partial charge on any atom is 0.328 e. The van der Waals surface area contributed by atoms with Crippen LogP contribution in [-0.4, -0.2) is 53.1 Å². The van der Waals surface area contributed by atoms with E-state index in [0.717, 1.165) is 55.1 Å². The van der Waals surface area contributed by atoms with Crippen molar-refractivity contribution in [3.05, 3.63) is 113 Å². The Morgan fingerprint density at radius 1 is 0.863 bits per heavy atom. The van der Waals surface area contributed by atoms with Gasteiger partial charge in [0.25, 0.3) is 11.8 Å². The Hall–Kier alpha value is -6.87. The van der Waals surface area contributed by atoms with E-state index in [9.17, 15) is 19.2 Å². The van der Waals surface area contributed by atoms with Crippen molar-refractivity contribution < 1.29 is 14.4 Å². The highest BCUT2D eigenvalue weighted by Crippen LogP contribution is 2.32.